The molecule has 0 unspecified atom stereocenters. The van der Waals surface area contributed by atoms with Crippen molar-refractivity contribution in [3.63, 3.8) is 0 Å². The second kappa shape index (κ2) is 5.14. The molecular formula is C9H13BrN2O2S2. The molecule has 2 rings (SSSR count). The third kappa shape index (κ3) is 3.04. The van der Waals surface area contributed by atoms with Crippen LogP contribution >= 0.6 is 27.3 Å². The lowest BCUT2D eigenvalue weighted by Crippen LogP contribution is -2.36. The molecule has 0 aliphatic carbocycles. The Morgan fingerprint density at radius 3 is 2.94 bits per heavy atom. The number of rotatable bonds is 4. The molecule has 1 aromatic rings. The fraction of sp³-hybridized carbons (Fsp3) is 0.556. The van der Waals surface area contributed by atoms with E-state index in [1.165, 1.54) is 11.3 Å². The lowest BCUT2D eigenvalue weighted by atomic mass is 10.2. The fourth-order valence-electron chi connectivity index (χ4n) is 1.65. The molecule has 0 amide bonds. The smallest absolute Gasteiger partial charge is 0.250 e. The van der Waals surface area contributed by atoms with Gasteiger partial charge in [0.15, 0.2) is 0 Å². The lowest BCUT2D eigenvalue weighted by molar-refractivity contribution is 0.553. The van der Waals surface area contributed by atoms with E-state index in [-0.39, 0.29) is 6.04 Å². The highest BCUT2D eigenvalue weighted by Crippen LogP contribution is 2.25. The standard InChI is InChI=1S/C9H13BrN2O2S2/c10-8-3-4-9(15-8)16(13,14)12-6-7-2-1-5-11-7/h3-4,7,11-12H,1-2,5-6H2/t7-/m0/s1. The summed E-state index contributed by atoms with van der Waals surface area (Å²) in [6.45, 7) is 1.45. The average Bonchev–Trinajstić information content (AvgIpc) is 2.85. The number of thiophene rings is 1. The van der Waals surface area contributed by atoms with Crippen LogP contribution in [-0.4, -0.2) is 27.5 Å². The third-order valence-corrected chi connectivity index (χ3v) is 6.03. The van der Waals surface area contributed by atoms with Crippen molar-refractivity contribution in [2.24, 2.45) is 0 Å². The molecule has 7 heteroatoms. The van der Waals surface area contributed by atoms with Gasteiger partial charge in [0.05, 0.1) is 3.79 Å². The Balaban J connectivity index is 1.97. The molecule has 16 heavy (non-hydrogen) atoms. The first kappa shape index (κ1) is 12.5. The molecule has 90 valence electrons. The van der Waals surface area contributed by atoms with E-state index in [4.69, 9.17) is 0 Å². The second-order valence-corrected chi connectivity index (χ2v) is 8.16. The summed E-state index contributed by atoms with van der Waals surface area (Å²) in [5.41, 5.74) is 0. The van der Waals surface area contributed by atoms with E-state index in [1.54, 1.807) is 12.1 Å². The Bertz CT molecular complexity index is 452. The van der Waals surface area contributed by atoms with E-state index in [9.17, 15) is 8.42 Å². The van der Waals surface area contributed by atoms with Gasteiger partial charge in [0.1, 0.15) is 4.21 Å². The molecule has 0 saturated carbocycles. The van der Waals surface area contributed by atoms with Crippen LogP contribution in [0.3, 0.4) is 0 Å². The predicted molar refractivity (Wildman–Crippen MR) is 68.2 cm³/mol. The van der Waals surface area contributed by atoms with E-state index < -0.39 is 10.0 Å². The number of hydrogen-bond acceptors (Lipinski definition) is 4. The van der Waals surface area contributed by atoms with Crippen molar-refractivity contribution in [2.45, 2.75) is 23.1 Å². The highest BCUT2D eigenvalue weighted by Gasteiger charge is 2.20. The van der Waals surface area contributed by atoms with Gasteiger partial charge >= 0.3 is 0 Å². The maximum Gasteiger partial charge on any atom is 0.250 e. The molecule has 1 aromatic heterocycles. The molecule has 1 aliphatic heterocycles. The van der Waals surface area contributed by atoms with Crippen molar-refractivity contribution in [2.75, 3.05) is 13.1 Å². The summed E-state index contributed by atoms with van der Waals surface area (Å²) in [5, 5.41) is 3.25. The van der Waals surface area contributed by atoms with Gasteiger partial charge in [-0.2, -0.15) is 0 Å². The van der Waals surface area contributed by atoms with Crippen molar-refractivity contribution in [1.82, 2.24) is 10.0 Å². The van der Waals surface area contributed by atoms with Gasteiger partial charge in [-0.3, -0.25) is 0 Å². The molecule has 1 fully saturated rings. The van der Waals surface area contributed by atoms with Crippen LogP contribution in [0.25, 0.3) is 0 Å². The van der Waals surface area contributed by atoms with Crippen LogP contribution in [0.1, 0.15) is 12.8 Å². The Kier molecular flexibility index (Phi) is 4.01. The SMILES string of the molecule is O=S(=O)(NC[C@@H]1CCCN1)c1ccc(Br)s1. The predicted octanol–water partition coefficient (Wildman–Crippen LogP) is 1.54. The average molecular weight is 325 g/mol. The monoisotopic (exact) mass is 324 g/mol. The van der Waals surface area contributed by atoms with Crippen LogP contribution in [-0.2, 0) is 10.0 Å². The minimum atomic E-state index is -3.33. The van der Waals surface area contributed by atoms with E-state index in [2.05, 4.69) is 26.0 Å². The van der Waals surface area contributed by atoms with E-state index in [0.717, 1.165) is 23.2 Å². The zero-order chi connectivity index (χ0) is 11.6. The van der Waals surface area contributed by atoms with E-state index in [0.29, 0.717) is 10.8 Å². The maximum absolute atomic E-state index is 11.9. The van der Waals surface area contributed by atoms with Crippen molar-refractivity contribution in [1.29, 1.82) is 0 Å². The zero-order valence-electron chi connectivity index (χ0n) is 8.57. The molecule has 0 aromatic carbocycles. The quantitative estimate of drug-likeness (QED) is 0.883. The number of hydrogen-bond donors (Lipinski definition) is 2. The van der Waals surface area contributed by atoms with Gasteiger partial charge in [-0.15, -0.1) is 11.3 Å². The van der Waals surface area contributed by atoms with Crippen molar-refractivity contribution in [3.8, 4) is 0 Å². The number of sulfonamides is 1. The summed E-state index contributed by atoms with van der Waals surface area (Å²) in [4.78, 5) is 0. The Morgan fingerprint density at radius 1 is 1.56 bits per heavy atom. The van der Waals surface area contributed by atoms with Crippen molar-refractivity contribution in [3.05, 3.63) is 15.9 Å². The Labute approximate surface area is 108 Å². The first-order valence-corrected chi connectivity index (χ1v) is 8.15. The minimum Gasteiger partial charge on any atom is -0.313 e. The topological polar surface area (TPSA) is 58.2 Å². The van der Waals surface area contributed by atoms with Crippen LogP contribution in [0.4, 0.5) is 0 Å². The van der Waals surface area contributed by atoms with Crippen molar-refractivity contribution >= 4 is 37.3 Å². The third-order valence-electron chi connectivity index (χ3n) is 2.50. The normalized spacial score (nSPS) is 21.4. The van der Waals surface area contributed by atoms with Crippen LogP contribution in [0.5, 0.6) is 0 Å². The fourth-order valence-corrected chi connectivity index (χ4v) is 4.79. The van der Waals surface area contributed by atoms with Gasteiger partial charge in [-0.1, -0.05) is 0 Å². The van der Waals surface area contributed by atoms with Gasteiger partial charge in [0.25, 0.3) is 0 Å². The van der Waals surface area contributed by atoms with Crippen LogP contribution in [0, 0.1) is 0 Å². The molecule has 1 saturated heterocycles. The molecule has 2 heterocycles. The maximum atomic E-state index is 11.9. The van der Waals surface area contributed by atoms with Crippen LogP contribution in [0.15, 0.2) is 20.1 Å². The zero-order valence-corrected chi connectivity index (χ0v) is 11.8. The molecule has 0 spiro atoms. The highest BCUT2D eigenvalue weighted by atomic mass is 79.9. The first-order chi connectivity index (χ1) is 7.58. The van der Waals surface area contributed by atoms with Crippen LogP contribution in [0.2, 0.25) is 0 Å². The van der Waals surface area contributed by atoms with Gasteiger partial charge in [-0.25, -0.2) is 13.1 Å². The molecular weight excluding hydrogens is 312 g/mol. The second-order valence-electron chi connectivity index (χ2n) is 3.70. The van der Waals surface area contributed by atoms with E-state index in [1.807, 2.05) is 0 Å². The molecule has 1 aliphatic rings. The van der Waals surface area contributed by atoms with Crippen LogP contribution < -0.4 is 10.0 Å². The number of nitrogens with one attached hydrogen (secondary N) is 2. The molecule has 0 radical (unpaired) electrons. The van der Waals surface area contributed by atoms with Gasteiger partial charge in [0, 0.05) is 12.6 Å². The Hall–Kier alpha value is 0.0500. The minimum absolute atomic E-state index is 0.276. The summed E-state index contributed by atoms with van der Waals surface area (Å²) in [7, 11) is -3.33. The molecule has 1 atom stereocenters. The van der Waals surface area contributed by atoms with Gasteiger partial charge in [0.2, 0.25) is 10.0 Å². The highest BCUT2D eigenvalue weighted by molar-refractivity contribution is 9.11. The largest absolute Gasteiger partial charge is 0.313 e. The van der Waals surface area contributed by atoms with Gasteiger partial charge < -0.3 is 5.32 Å². The summed E-state index contributed by atoms with van der Waals surface area (Å²) < 4.78 is 27.5. The lowest BCUT2D eigenvalue weighted by Gasteiger charge is -2.10. The molecule has 2 N–H and O–H groups in total. The Morgan fingerprint density at radius 2 is 2.38 bits per heavy atom. The molecule has 4 nitrogen and oxygen atoms in total. The van der Waals surface area contributed by atoms with Gasteiger partial charge in [-0.05, 0) is 47.4 Å². The summed E-state index contributed by atoms with van der Waals surface area (Å²) in [5.74, 6) is 0. The molecule has 0 bridgehead atoms. The summed E-state index contributed by atoms with van der Waals surface area (Å²) in [6, 6.07) is 3.63. The first-order valence-electron chi connectivity index (χ1n) is 5.06. The van der Waals surface area contributed by atoms with E-state index >= 15 is 0 Å². The summed E-state index contributed by atoms with van der Waals surface area (Å²) in [6.07, 6.45) is 2.16. The summed E-state index contributed by atoms with van der Waals surface area (Å²) >= 11 is 4.48. The van der Waals surface area contributed by atoms with Crippen molar-refractivity contribution < 1.29 is 8.42 Å². The number of halogens is 1.